The Bertz CT molecular complexity index is 382. The molecular formula is C9H12FN5O. The molecule has 1 amide bonds. The van der Waals surface area contributed by atoms with Gasteiger partial charge in [-0.25, -0.2) is 14.4 Å². The molecule has 0 spiro atoms. The van der Waals surface area contributed by atoms with E-state index >= 15 is 0 Å². The summed E-state index contributed by atoms with van der Waals surface area (Å²) in [6, 6.07) is -0.487. The molecular weight excluding hydrogens is 213 g/mol. The van der Waals surface area contributed by atoms with Crippen LogP contribution >= 0.6 is 0 Å². The van der Waals surface area contributed by atoms with Crippen molar-refractivity contribution in [2.75, 3.05) is 24.5 Å². The number of carbonyl (C=O) groups excluding carboxylic acids is 1. The number of piperazine rings is 1. The standard InChI is InChI=1S/C9H12FN5O/c10-6-3-13-9(14-4-6)15-2-1-12-5-7(15)8(11)16/h3-4,7,12H,1-2,5H2,(H2,11,16). The Morgan fingerprint density at radius 3 is 2.88 bits per heavy atom. The maximum absolute atomic E-state index is 12.7. The van der Waals surface area contributed by atoms with E-state index in [1.54, 1.807) is 4.90 Å². The molecule has 1 aromatic rings. The minimum Gasteiger partial charge on any atom is -0.368 e. The van der Waals surface area contributed by atoms with E-state index in [9.17, 15) is 9.18 Å². The quantitative estimate of drug-likeness (QED) is 0.666. The molecule has 7 heteroatoms. The van der Waals surface area contributed by atoms with E-state index in [1.165, 1.54) is 0 Å². The highest BCUT2D eigenvalue weighted by Crippen LogP contribution is 2.12. The van der Waals surface area contributed by atoms with Gasteiger partial charge in [-0.3, -0.25) is 4.79 Å². The monoisotopic (exact) mass is 225 g/mol. The number of nitrogens with two attached hydrogens (primary N) is 1. The highest BCUT2D eigenvalue weighted by atomic mass is 19.1. The lowest BCUT2D eigenvalue weighted by Gasteiger charge is -2.33. The van der Waals surface area contributed by atoms with E-state index in [-0.39, 0.29) is 0 Å². The van der Waals surface area contributed by atoms with Crippen molar-refractivity contribution in [2.24, 2.45) is 5.73 Å². The number of rotatable bonds is 2. The Morgan fingerprint density at radius 1 is 1.56 bits per heavy atom. The fourth-order valence-corrected chi connectivity index (χ4v) is 1.65. The van der Waals surface area contributed by atoms with Crippen LogP contribution in [0, 0.1) is 5.82 Å². The molecule has 1 atom stereocenters. The first-order valence-electron chi connectivity index (χ1n) is 4.92. The average molecular weight is 225 g/mol. The van der Waals surface area contributed by atoms with Crippen LogP contribution in [-0.2, 0) is 4.79 Å². The van der Waals surface area contributed by atoms with Gasteiger partial charge in [0.15, 0.2) is 5.82 Å². The molecule has 1 aliphatic heterocycles. The summed E-state index contributed by atoms with van der Waals surface area (Å²) in [5.74, 6) is -0.624. The third-order valence-electron chi connectivity index (χ3n) is 2.44. The van der Waals surface area contributed by atoms with E-state index in [2.05, 4.69) is 15.3 Å². The average Bonchev–Trinajstić information content (AvgIpc) is 2.30. The van der Waals surface area contributed by atoms with Gasteiger partial charge < -0.3 is 16.0 Å². The molecule has 3 N–H and O–H groups in total. The van der Waals surface area contributed by atoms with E-state index in [0.29, 0.717) is 25.6 Å². The molecule has 6 nitrogen and oxygen atoms in total. The minimum atomic E-state index is -0.505. The summed E-state index contributed by atoms with van der Waals surface area (Å²) < 4.78 is 12.7. The molecule has 1 aromatic heterocycles. The second-order valence-corrected chi connectivity index (χ2v) is 3.52. The lowest BCUT2D eigenvalue weighted by atomic mass is 10.2. The van der Waals surface area contributed by atoms with Crippen molar-refractivity contribution >= 4 is 11.9 Å². The summed E-state index contributed by atoms with van der Waals surface area (Å²) in [6.45, 7) is 1.74. The number of amides is 1. The summed E-state index contributed by atoms with van der Waals surface area (Å²) in [4.78, 5) is 20.6. The smallest absolute Gasteiger partial charge is 0.241 e. The second-order valence-electron chi connectivity index (χ2n) is 3.52. The fourth-order valence-electron chi connectivity index (χ4n) is 1.65. The highest BCUT2D eigenvalue weighted by molar-refractivity contribution is 5.83. The molecule has 2 heterocycles. The normalized spacial score (nSPS) is 20.8. The van der Waals surface area contributed by atoms with Crippen molar-refractivity contribution in [2.45, 2.75) is 6.04 Å². The predicted molar refractivity (Wildman–Crippen MR) is 55.2 cm³/mol. The summed E-state index contributed by atoms with van der Waals surface area (Å²) in [5, 5.41) is 3.06. The van der Waals surface area contributed by atoms with Crippen LogP contribution in [0.3, 0.4) is 0 Å². The summed E-state index contributed by atoms with van der Waals surface area (Å²) in [7, 11) is 0. The summed E-state index contributed by atoms with van der Waals surface area (Å²) in [5.41, 5.74) is 5.27. The van der Waals surface area contributed by atoms with Crippen molar-refractivity contribution in [1.29, 1.82) is 0 Å². The third kappa shape index (κ3) is 2.08. The number of hydrogen-bond donors (Lipinski definition) is 2. The molecule has 0 bridgehead atoms. The zero-order chi connectivity index (χ0) is 11.5. The Labute approximate surface area is 91.7 Å². The molecule has 2 rings (SSSR count). The molecule has 16 heavy (non-hydrogen) atoms. The van der Waals surface area contributed by atoms with E-state index in [4.69, 9.17) is 5.73 Å². The van der Waals surface area contributed by atoms with Gasteiger partial charge in [-0.05, 0) is 0 Å². The lowest BCUT2D eigenvalue weighted by Crippen LogP contribution is -2.57. The third-order valence-corrected chi connectivity index (χ3v) is 2.44. The lowest BCUT2D eigenvalue weighted by molar-refractivity contribution is -0.119. The number of hydrogen-bond acceptors (Lipinski definition) is 5. The second kappa shape index (κ2) is 4.40. The topological polar surface area (TPSA) is 84.1 Å². The van der Waals surface area contributed by atoms with Gasteiger partial charge in [0.05, 0.1) is 12.4 Å². The zero-order valence-electron chi connectivity index (χ0n) is 8.56. The van der Waals surface area contributed by atoms with Crippen molar-refractivity contribution in [3.05, 3.63) is 18.2 Å². The zero-order valence-corrected chi connectivity index (χ0v) is 8.56. The molecule has 86 valence electrons. The van der Waals surface area contributed by atoms with Gasteiger partial charge in [0.1, 0.15) is 6.04 Å². The van der Waals surface area contributed by atoms with Gasteiger partial charge >= 0.3 is 0 Å². The molecule has 1 aliphatic rings. The Kier molecular flexibility index (Phi) is 2.95. The first kappa shape index (κ1) is 10.7. The van der Waals surface area contributed by atoms with E-state index in [0.717, 1.165) is 12.4 Å². The minimum absolute atomic E-state index is 0.326. The van der Waals surface area contributed by atoms with Crippen molar-refractivity contribution in [3.8, 4) is 0 Å². The van der Waals surface area contributed by atoms with Crippen molar-refractivity contribution in [1.82, 2.24) is 15.3 Å². The Balaban J connectivity index is 2.23. The van der Waals surface area contributed by atoms with Gasteiger partial charge in [0.2, 0.25) is 11.9 Å². The molecule has 1 unspecified atom stereocenters. The molecule has 1 fully saturated rings. The molecule has 0 radical (unpaired) electrons. The number of aromatic nitrogens is 2. The predicted octanol–water partition coefficient (Wildman–Crippen LogP) is -1.12. The van der Waals surface area contributed by atoms with Crippen LogP contribution in [0.4, 0.5) is 10.3 Å². The van der Waals surface area contributed by atoms with Crippen molar-refractivity contribution < 1.29 is 9.18 Å². The van der Waals surface area contributed by atoms with E-state index in [1.807, 2.05) is 0 Å². The van der Waals surface area contributed by atoms with Crippen LogP contribution in [0.1, 0.15) is 0 Å². The summed E-state index contributed by atoms with van der Waals surface area (Å²) >= 11 is 0. The molecule has 1 saturated heterocycles. The van der Waals surface area contributed by atoms with Crippen LogP contribution < -0.4 is 16.0 Å². The number of primary amides is 1. The van der Waals surface area contributed by atoms with Crippen molar-refractivity contribution in [3.63, 3.8) is 0 Å². The maximum Gasteiger partial charge on any atom is 0.241 e. The largest absolute Gasteiger partial charge is 0.368 e. The molecule has 0 aliphatic carbocycles. The van der Waals surface area contributed by atoms with Crippen LogP contribution in [0.5, 0.6) is 0 Å². The van der Waals surface area contributed by atoms with Crippen LogP contribution in [0.2, 0.25) is 0 Å². The van der Waals surface area contributed by atoms with Crippen LogP contribution in [-0.4, -0.2) is 41.6 Å². The van der Waals surface area contributed by atoms with Gasteiger partial charge in [0.25, 0.3) is 0 Å². The first-order valence-corrected chi connectivity index (χ1v) is 4.92. The van der Waals surface area contributed by atoms with Gasteiger partial charge in [-0.2, -0.15) is 0 Å². The number of anilines is 1. The number of carbonyl (C=O) groups is 1. The van der Waals surface area contributed by atoms with Gasteiger partial charge in [0, 0.05) is 19.6 Å². The first-order chi connectivity index (χ1) is 7.68. The van der Waals surface area contributed by atoms with Crippen LogP contribution in [0.15, 0.2) is 12.4 Å². The molecule has 0 saturated carbocycles. The van der Waals surface area contributed by atoms with Gasteiger partial charge in [-0.1, -0.05) is 0 Å². The highest BCUT2D eigenvalue weighted by Gasteiger charge is 2.28. The van der Waals surface area contributed by atoms with Gasteiger partial charge in [-0.15, -0.1) is 0 Å². The Hall–Kier alpha value is -1.76. The number of halogens is 1. The number of nitrogens with zero attached hydrogens (tertiary/aromatic N) is 3. The van der Waals surface area contributed by atoms with Crippen LogP contribution in [0.25, 0.3) is 0 Å². The molecule has 0 aromatic carbocycles. The fraction of sp³-hybridized carbons (Fsp3) is 0.444. The Morgan fingerprint density at radius 2 is 2.25 bits per heavy atom. The van der Waals surface area contributed by atoms with E-state index < -0.39 is 17.8 Å². The SMILES string of the molecule is NC(=O)C1CNCCN1c1ncc(F)cn1. The maximum atomic E-state index is 12.7. The number of nitrogens with one attached hydrogen (secondary N) is 1. The summed E-state index contributed by atoms with van der Waals surface area (Å²) in [6.07, 6.45) is 2.14.